The number of nitrogens with one attached hydrogen (secondary N) is 2. The summed E-state index contributed by atoms with van der Waals surface area (Å²) in [5.74, 6) is -0.570. The van der Waals surface area contributed by atoms with Crippen molar-refractivity contribution >= 4 is 23.4 Å². The van der Waals surface area contributed by atoms with Crippen LogP contribution in [0.2, 0.25) is 0 Å². The average molecular weight is 359 g/mol. The number of aliphatic hydroxyl groups excluding tert-OH is 1. The van der Waals surface area contributed by atoms with Gasteiger partial charge in [-0.05, 0) is 25.5 Å². The van der Waals surface area contributed by atoms with Gasteiger partial charge in [0, 0.05) is 29.7 Å². The average Bonchev–Trinajstić information content (AvgIpc) is 2.90. The van der Waals surface area contributed by atoms with E-state index >= 15 is 0 Å². The summed E-state index contributed by atoms with van der Waals surface area (Å²) in [7, 11) is 0. The van der Waals surface area contributed by atoms with Crippen molar-refractivity contribution < 1.29 is 24.2 Å². The predicted molar refractivity (Wildman–Crippen MR) is 92.0 cm³/mol. The van der Waals surface area contributed by atoms with Crippen molar-refractivity contribution in [3.63, 3.8) is 0 Å². The molecule has 1 fully saturated rings. The number of benzene rings is 1. The highest BCUT2D eigenvalue weighted by Crippen LogP contribution is 2.33. The standard InChI is InChI=1S/C18H21N3O5/c1-10(19)7-11(22)9-26-15-4-2-3-12-13(15)8-21(18(12)25)14-5-6-16(23)20-17(14)24/h2-4,11,14,19,22H,5-9H2,1H3,(H,20,23,24). The zero-order chi connectivity index (χ0) is 18.8. The summed E-state index contributed by atoms with van der Waals surface area (Å²) in [4.78, 5) is 37.5. The highest BCUT2D eigenvalue weighted by Gasteiger charge is 2.40. The molecular weight excluding hydrogens is 338 g/mol. The van der Waals surface area contributed by atoms with Crippen molar-refractivity contribution in [1.29, 1.82) is 5.41 Å². The van der Waals surface area contributed by atoms with Crippen LogP contribution in [0.1, 0.15) is 42.1 Å². The van der Waals surface area contributed by atoms with Crippen LogP contribution in [0.3, 0.4) is 0 Å². The second kappa shape index (κ2) is 7.25. The van der Waals surface area contributed by atoms with Gasteiger partial charge < -0.3 is 20.2 Å². The summed E-state index contributed by atoms with van der Waals surface area (Å²) >= 11 is 0. The van der Waals surface area contributed by atoms with Crippen LogP contribution in [0.25, 0.3) is 0 Å². The molecule has 0 aliphatic carbocycles. The van der Waals surface area contributed by atoms with Gasteiger partial charge in [0.25, 0.3) is 5.91 Å². The number of aliphatic hydroxyl groups is 1. The molecule has 3 amide bonds. The number of rotatable bonds is 6. The van der Waals surface area contributed by atoms with Gasteiger partial charge in [-0.1, -0.05) is 6.07 Å². The number of piperidine rings is 1. The summed E-state index contributed by atoms with van der Waals surface area (Å²) in [6.07, 6.45) is -0.0738. The molecule has 0 radical (unpaired) electrons. The normalized spacial score (nSPS) is 20.6. The maximum absolute atomic E-state index is 12.7. The van der Waals surface area contributed by atoms with E-state index in [2.05, 4.69) is 5.32 Å². The summed E-state index contributed by atoms with van der Waals surface area (Å²) in [6.45, 7) is 1.84. The van der Waals surface area contributed by atoms with Crippen LogP contribution in [0.15, 0.2) is 18.2 Å². The summed E-state index contributed by atoms with van der Waals surface area (Å²) in [6, 6.07) is 4.40. The number of fused-ring (bicyclic) bond motifs is 1. The van der Waals surface area contributed by atoms with Crippen LogP contribution in [0.5, 0.6) is 5.75 Å². The Balaban J connectivity index is 1.74. The van der Waals surface area contributed by atoms with E-state index in [1.807, 2.05) is 0 Å². The van der Waals surface area contributed by atoms with Gasteiger partial charge in [-0.15, -0.1) is 0 Å². The van der Waals surface area contributed by atoms with Gasteiger partial charge in [0.05, 0.1) is 12.6 Å². The second-order valence-electron chi connectivity index (χ2n) is 6.63. The SMILES string of the molecule is CC(=N)CC(O)COc1cccc2c1CN(C1CCC(=O)NC1=O)C2=O. The van der Waals surface area contributed by atoms with Gasteiger partial charge in [0.1, 0.15) is 18.4 Å². The molecule has 3 rings (SSSR count). The highest BCUT2D eigenvalue weighted by molar-refractivity contribution is 6.05. The molecule has 3 N–H and O–H groups in total. The van der Waals surface area contributed by atoms with Crippen molar-refractivity contribution in [3.05, 3.63) is 29.3 Å². The van der Waals surface area contributed by atoms with E-state index in [9.17, 15) is 19.5 Å². The second-order valence-corrected chi connectivity index (χ2v) is 6.63. The molecule has 2 heterocycles. The van der Waals surface area contributed by atoms with E-state index in [-0.39, 0.29) is 37.8 Å². The quantitative estimate of drug-likeness (QED) is 0.508. The Bertz CT molecular complexity index is 776. The monoisotopic (exact) mass is 359 g/mol. The molecule has 1 saturated heterocycles. The first-order chi connectivity index (χ1) is 12.4. The number of hydrogen-bond donors (Lipinski definition) is 3. The molecular formula is C18H21N3O5. The van der Waals surface area contributed by atoms with Gasteiger partial charge in [-0.3, -0.25) is 19.7 Å². The molecule has 0 saturated carbocycles. The van der Waals surface area contributed by atoms with Crippen molar-refractivity contribution in [1.82, 2.24) is 10.2 Å². The third-order valence-corrected chi connectivity index (χ3v) is 4.51. The minimum atomic E-state index is -0.799. The van der Waals surface area contributed by atoms with Gasteiger partial charge >= 0.3 is 0 Å². The van der Waals surface area contributed by atoms with Gasteiger partial charge in [-0.2, -0.15) is 0 Å². The predicted octanol–water partition coefficient (Wildman–Crippen LogP) is 0.617. The topological polar surface area (TPSA) is 120 Å². The fourth-order valence-corrected chi connectivity index (χ4v) is 3.29. The molecule has 26 heavy (non-hydrogen) atoms. The molecule has 8 heteroatoms. The minimum absolute atomic E-state index is 0.0132. The van der Waals surface area contributed by atoms with E-state index in [4.69, 9.17) is 10.1 Å². The number of imide groups is 1. The zero-order valence-electron chi connectivity index (χ0n) is 14.4. The lowest BCUT2D eigenvalue weighted by Crippen LogP contribution is -2.52. The Kier molecular flexibility index (Phi) is 5.03. The maximum atomic E-state index is 12.7. The van der Waals surface area contributed by atoms with Gasteiger partial charge in [-0.25, -0.2) is 0 Å². The van der Waals surface area contributed by atoms with Gasteiger partial charge in [0.15, 0.2) is 0 Å². The van der Waals surface area contributed by atoms with Crippen LogP contribution >= 0.6 is 0 Å². The first-order valence-electron chi connectivity index (χ1n) is 8.48. The molecule has 2 aliphatic heterocycles. The van der Waals surface area contributed by atoms with E-state index < -0.39 is 18.1 Å². The lowest BCUT2D eigenvalue weighted by molar-refractivity contribution is -0.136. The Morgan fingerprint density at radius 2 is 2.19 bits per heavy atom. The lowest BCUT2D eigenvalue weighted by atomic mass is 10.0. The Hall–Kier alpha value is -2.74. The van der Waals surface area contributed by atoms with Crippen molar-refractivity contribution in [2.75, 3.05) is 6.61 Å². The number of carbonyl (C=O) groups is 3. The molecule has 138 valence electrons. The smallest absolute Gasteiger partial charge is 0.255 e. The maximum Gasteiger partial charge on any atom is 0.255 e. The molecule has 1 aromatic carbocycles. The third-order valence-electron chi connectivity index (χ3n) is 4.51. The van der Waals surface area contributed by atoms with Crippen molar-refractivity contribution in [3.8, 4) is 5.75 Å². The van der Waals surface area contributed by atoms with Crippen LogP contribution in [-0.2, 0) is 16.1 Å². The molecule has 0 spiro atoms. The summed E-state index contributed by atoms with van der Waals surface area (Å²) < 4.78 is 5.66. The molecule has 2 aliphatic rings. The lowest BCUT2D eigenvalue weighted by Gasteiger charge is -2.29. The number of amides is 3. The van der Waals surface area contributed by atoms with Crippen LogP contribution in [0, 0.1) is 5.41 Å². The fourth-order valence-electron chi connectivity index (χ4n) is 3.29. The molecule has 2 atom stereocenters. The van der Waals surface area contributed by atoms with E-state index in [1.54, 1.807) is 25.1 Å². The van der Waals surface area contributed by atoms with Crippen molar-refractivity contribution in [2.45, 2.75) is 44.9 Å². The van der Waals surface area contributed by atoms with Crippen LogP contribution in [-0.4, -0.2) is 52.2 Å². The number of ether oxygens (including phenoxy) is 1. The molecule has 0 bridgehead atoms. The van der Waals surface area contributed by atoms with Crippen molar-refractivity contribution in [2.24, 2.45) is 0 Å². The first kappa shape index (κ1) is 18.1. The number of nitrogens with zero attached hydrogens (tertiary/aromatic N) is 1. The number of carbonyl (C=O) groups excluding carboxylic acids is 3. The fraction of sp³-hybridized carbons (Fsp3) is 0.444. The molecule has 0 aromatic heterocycles. The van der Waals surface area contributed by atoms with E-state index in [1.165, 1.54) is 4.90 Å². The summed E-state index contributed by atoms with van der Waals surface area (Å²) in [5, 5.41) is 19.5. The van der Waals surface area contributed by atoms with Crippen LogP contribution in [0.4, 0.5) is 0 Å². The molecule has 1 aromatic rings. The summed E-state index contributed by atoms with van der Waals surface area (Å²) in [5.41, 5.74) is 1.49. The molecule has 8 nitrogen and oxygen atoms in total. The Morgan fingerprint density at radius 1 is 1.42 bits per heavy atom. The van der Waals surface area contributed by atoms with E-state index in [0.717, 1.165) is 0 Å². The Labute approximate surface area is 150 Å². The first-order valence-corrected chi connectivity index (χ1v) is 8.48. The Morgan fingerprint density at radius 3 is 2.88 bits per heavy atom. The number of hydrogen-bond acceptors (Lipinski definition) is 6. The highest BCUT2D eigenvalue weighted by atomic mass is 16.5. The largest absolute Gasteiger partial charge is 0.491 e. The van der Waals surface area contributed by atoms with Crippen LogP contribution < -0.4 is 10.1 Å². The van der Waals surface area contributed by atoms with Gasteiger partial charge in [0.2, 0.25) is 11.8 Å². The third kappa shape index (κ3) is 3.60. The zero-order valence-corrected chi connectivity index (χ0v) is 14.4. The van der Waals surface area contributed by atoms with E-state index in [0.29, 0.717) is 29.0 Å². The molecule has 2 unspecified atom stereocenters. The minimum Gasteiger partial charge on any atom is -0.491 e.